The lowest BCUT2D eigenvalue weighted by molar-refractivity contribution is -0.121. The molecule has 1 amide bonds. The fourth-order valence-corrected chi connectivity index (χ4v) is 5.22. The van der Waals surface area contributed by atoms with E-state index >= 15 is 0 Å². The van der Waals surface area contributed by atoms with Crippen LogP contribution in [0.15, 0.2) is 36.4 Å². The van der Waals surface area contributed by atoms with E-state index < -0.39 is 0 Å². The van der Waals surface area contributed by atoms with Crippen molar-refractivity contribution in [1.29, 1.82) is 0 Å². The highest BCUT2D eigenvalue weighted by molar-refractivity contribution is 7.21. The maximum Gasteiger partial charge on any atom is 0.221 e. The van der Waals surface area contributed by atoms with Gasteiger partial charge in [0.25, 0.3) is 0 Å². The molecule has 1 saturated carbocycles. The van der Waals surface area contributed by atoms with Crippen molar-refractivity contribution in [2.24, 2.45) is 0 Å². The van der Waals surface area contributed by atoms with Gasteiger partial charge in [-0.2, -0.15) is 0 Å². The largest absolute Gasteiger partial charge is 0.359 e. The molecule has 0 saturated heterocycles. The van der Waals surface area contributed by atoms with Crippen molar-refractivity contribution in [2.75, 3.05) is 18.5 Å². The summed E-state index contributed by atoms with van der Waals surface area (Å²) in [6.45, 7) is 2.57. The van der Waals surface area contributed by atoms with Crippen LogP contribution >= 0.6 is 11.3 Å². The highest BCUT2D eigenvalue weighted by Crippen LogP contribution is 2.36. The minimum atomic E-state index is 0.145. The molecule has 0 spiro atoms. The molecule has 1 fully saturated rings. The first kappa shape index (κ1) is 20.8. The normalized spacial score (nSPS) is 15.1. The van der Waals surface area contributed by atoms with Gasteiger partial charge in [0.2, 0.25) is 5.91 Å². The molecule has 0 unspecified atom stereocenters. The van der Waals surface area contributed by atoms with Crippen LogP contribution in [0.4, 0.5) is 5.82 Å². The first-order valence-corrected chi connectivity index (χ1v) is 11.8. The molecule has 1 aliphatic carbocycles. The van der Waals surface area contributed by atoms with Gasteiger partial charge in [-0.05, 0) is 31.4 Å². The highest BCUT2D eigenvalue weighted by atomic mass is 32.1. The molecular weight excluding hydrogens is 392 g/mol. The maximum absolute atomic E-state index is 12.5. The summed E-state index contributed by atoms with van der Waals surface area (Å²) in [6.07, 6.45) is 7.76. The van der Waals surface area contributed by atoms with E-state index in [1.807, 2.05) is 20.0 Å². The van der Waals surface area contributed by atoms with E-state index in [4.69, 9.17) is 4.98 Å². The zero-order valence-electron chi connectivity index (χ0n) is 17.9. The van der Waals surface area contributed by atoms with Crippen LogP contribution < -0.4 is 10.2 Å². The van der Waals surface area contributed by atoms with Gasteiger partial charge in [-0.15, -0.1) is 11.3 Å². The Bertz CT molecular complexity index is 993. The number of hydrogen-bond donors (Lipinski definition) is 1. The maximum atomic E-state index is 12.5. The summed E-state index contributed by atoms with van der Waals surface area (Å²) in [5.74, 6) is 1.80. The third-order valence-corrected chi connectivity index (χ3v) is 6.88. The highest BCUT2D eigenvalue weighted by Gasteiger charge is 2.17. The summed E-state index contributed by atoms with van der Waals surface area (Å²) in [4.78, 5) is 26.1. The van der Waals surface area contributed by atoms with Gasteiger partial charge in [-0.25, -0.2) is 9.97 Å². The van der Waals surface area contributed by atoms with Crippen molar-refractivity contribution in [3.05, 3.63) is 42.2 Å². The van der Waals surface area contributed by atoms with Gasteiger partial charge in [-0.3, -0.25) is 4.79 Å². The molecule has 0 aliphatic heterocycles. The molecule has 1 aliphatic rings. The number of thiophene rings is 1. The number of nitrogens with one attached hydrogen (secondary N) is 1. The van der Waals surface area contributed by atoms with Gasteiger partial charge in [0.05, 0.1) is 5.39 Å². The molecule has 30 heavy (non-hydrogen) atoms. The number of amides is 1. The zero-order valence-corrected chi connectivity index (χ0v) is 18.7. The molecule has 0 radical (unpaired) electrons. The van der Waals surface area contributed by atoms with Crippen LogP contribution in [-0.4, -0.2) is 35.5 Å². The third-order valence-electron chi connectivity index (χ3n) is 5.80. The lowest BCUT2D eigenvalue weighted by atomic mass is 10.1. The van der Waals surface area contributed by atoms with Crippen LogP contribution in [-0.2, 0) is 4.79 Å². The molecule has 1 N–H and O–H groups in total. The molecule has 0 bridgehead atoms. The molecule has 0 atom stereocenters. The number of hydrogen-bond acceptors (Lipinski definition) is 5. The Morgan fingerprint density at radius 3 is 2.60 bits per heavy atom. The Balaban J connectivity index is 1.46. The summed E-state index contributed by atoms with van der Waals surface area (Å²) in [5, 5.41) is 4.30. The van der Waals surface area contributed by atoms with Crippen LogP contribution in [0, 0.1) is 6.92 Å². The predicted molar refractivity (Wildman–Crippen MR) is 125 cm³/mol. The Labute approximate surface area is 182 Å². The molecule has 1 aromatic carbocycles. The van der Waals surface area contributed by atoms with Crippen LogP contribution in [0.1, 0.15) is 50.8 Å². The topological polar surface area (TPSA) is 58.1 Å². The smallest absolute Gasteiger partial charge is 0.221 e. The predicted octanol–water partition coefficient (Wildman–Crippen LogP) is 5.33. The summed E-state index contributed by atoms with van der Waals surface area (Å²) in [5.41, 5.74) is 1.19. The lowest BCUT2D eigenvalue weighted by Gasteiger charge is -2.21. The van der Waals surface area contributed by atoms with Crippen molar-refractivity contribution in [3.8, 4) is 10.4 Å². The average Bonchev–Trinajstić information content (AvgIpc) is 3.01. The fraction of sp³-hybridized carbons (Fsp3) is 0.458. The Kier molecular flexibility index (Phi) is 6.62. The number of anilines is 1. The monoisotopic (exact) mass is 422 g/mol. The summed E-state index contributed by atoms with van der Waals surface area (Å²) in [7, 11) is 2.01. The molecule has 4 rings (SSSR count). The average molecular weight is 423 g/mol. The second-order valence-electron chi connectivity index (χ2n) is 8.22. The van der Waals surface area contributed by atoms with Crippen molar-refractivity contribution >= 4 is 33.3 Å². The van der Waals surface area contributed by atoms with Gasteiger partial charge in [0, 0.05) is 30.9 Å². The van der Waals surface area contributed by atoms with E-state index in [1.165, 1.54) is 36.1 Å². The van der Waals surface area contributed by atoms with E-state index in [-0.39, 0.29) is 5.91 Å². The van der Waals surface area contributed by atoms with E-state index in [0.29, 0.717) is 19.0 Å². The number of rotatable bonds is 6. The number of aromatic nitrogens is 2. The standard InChI is InChI=1S/C24H30N4OS/c1-17-25-23(20-16-21(30-24(20)26-17)18-10-6-5-7-11-18)28(2)15-14-22(29)27-19-12-8-3-4-9-13-19/h5-7,10-11,16,19H,3-4,8-9,12-15H2,1-2H3,(H,27,29). The molecule has 2 aromatic heterocycles. The molecule has 2 heterocycles. The molecule has 158 valence electrons. The summed E-state index contributed by atoms with van der Waals surface area (Å²) in [6, 6.07) is 12.9. The van der Waals surface area contributed by atoms with Gasteiger partial charge >= 0.3 is 0 Å². The van der Waals surface area contributed by atoms with E-state index in [2.05, 4.69) is 45.5 Å². The Morgan fingerprint density at radius 2 is 1.87 bits per heavy atom. The number of carbonyl (C=O) groups excluding carboxylic acids is 1. The van der Waals surface area contributed by atoms with Crippen LogP contribution in [0.3, 0.4) is 0 Å². The quantitative estimate of drug-likeness (QED) is 0.545. The third kappa shape index (κ3) is 4.98. The van der Waals surface area contributed by atoms with Crippen molar-refractivity contribution in [1.82, 2.24) is 15.3 Å². The molecule has 6 heteroatoms. The fourth-order valence-electron chi connectivity index (χ4n) is 4.14. The molecule has 5 nitrogen and oxygen atoms in total. The SMILES string of the molecule is Cc1nc(N(C)CCC(=O)NC2CCCCCC2)c2cc(-c3ccccc3)sc2n1. The number of carbonyl (C=O) groups is 1. The number of fused-ring (bicyclic) bond motifs is 1. The van der Waals surface area contributed by atoms with E-state index in [0.717, 1.165) is 34.7 Å². The van der Waals surface area contributed by atoms with Crippen molar-refractivity contribution in [3.63, 3.8) is 0 Å². The Hall–Kier alpha value is -2.47. The van der Waals surface area contributed by atoms with E-state index in [9.17, 15) is 4.79 Å². The summed E-state index contributed by atoms with van der Waals surface area (Å²) >= 11 is 1.69. The van der Waals surface area contributed by atoms with Gasteiger partial charge in [-0.1, -0.05) is 56.0 Å². The summed E-state index contributed by atoms with van der Waals surface area (Å²) < 4.78 is 0. The first-order valence-electron chi connectivity index (χ1n) is 10.9. The van der Waals surface area contributed by atoms with Crippen LogP contribution in [0.25, 0.3) is 20.7 Å². The van der Waals surface area contributed by atoms with Gasteiger partial charge in [0.15, 0.2) is 0 Å². The van der Waals surface area contributed by atoms with Crippen molar-refractivity contribution < 1.29 is 4.79 Å². The zero-order chi connectivity index (χ0) is 20.9. The minimum Gasteiger partial charge on any atom is -0.359 e. The second kappa shape index (κ2) is 9.56. The minimum absolute atomic E-state index is 0.145. The Morgan fingerprint density at radius 1 is 1.13 bits per heavy atom. The lowest BCUT2D eigenvalue weighted by Crippen LogP contribution is -2.36. The van der Waals surface area contributed by atoms with Crippen molar-refractivity contribution in [2.45, 2.75) is 57.9 Å². The number of nitrogens with zero attached hydrogens (tertiary/aromatic N) is 3. The molecular formula is C24H30N4OS. The number of aryl methyl sites for hydroxylation is 1. The second-order valence-corrected chi connectivity index (χ2v) is 9.25. The van der Waals surface area contributed by atoms with E-state index in [1.54, 1.807) is 11.3 Å². The van der Waals surface area contributed by atoms with Gasteiger partial charge in [0.1, 0.15) is 16.5 Å². The number of benzene rings is 1. The van der Waals surface area contributed by atoms with Crippen LogP contribution in [0.2, 0.25) is 0 Å². The molecule has 3 aromatic rings. The first-order chi connectivity index (χ1) is 14.6. The van der Waals surface area contributed by atoms with Crippen LogP contribution in [0.5, 0.6) is 0 Å². The van der Waals surface area contributed by atoms with Gasteiger partial charge < -0.3 is 10.2 Å².